The maximum Gasteiger partial charge on any atom is 0.0736 e. The van der Waals surface area contributed by atoms with Crippen molar-refractivity contribution >= 4 is 0 Å². The summed E-state index contributed by atoms with van der Waals surface area (Å²) in [7, 11) is 0. The average Bonchev–Trinajstić information content (AvgIpc) is 2.90. The smallest absolute Gasteiger partial charge is 0.0736 e. The van der Waals surface area contributed by atoms with E-state index in [1.165, 1.54) is 18.5 Å². The average molecular weight is 228 g/mol. The highest BCUT2D eigenvalue weighted by Crippen LogP contribution is 2.31. The van der Waals surface area contributed by atoms with Crippen LogP contribution in [0.25, 0.3) is 11.3 Å². The number of hydrogen-bond donors (Lipinski definition) is 2. The fraction of sp³-hybridized carbons (Fsp3) is 0.385. The van der Waals surface area contributed by atoms with Crippen molar-refractivity contribution < 1.29 is 0 Å². The molecule has 0 atom stereocenters. The van der Waals surface area contributed by atoms with Gasteiger partial charge in [0.05, 0.1) is 11.9 Å². The molecule has 0 unspecified atom stereocenters. The number of pyridine rings is 1. The molecule has 4 nitrogen and oxygen atoms in total. The van der Waals surface area contributed by atoms with Gasteiger partial charge in [-0.25, -0.2) is 0 Å². The first kappa shape index (κ1) is 10.5. The molecule has 0 bridgehead atoms. The molecule has 1 aliphatic heterocycles. The summed E-state index contributed by atoms with van der Waals surface area (Å²) in [5, 5.41) is 10.7. The summed E-state index contributed by atoms with van der Waals surface area (Å²) in [6.07, 6.45) is 6.05. The van der Waals surface area contributed by atoms with Crippen LogP contribution in [0.5, 0.6) is 0 Å². The van der Waals surface area contributed by atoms with E-state index in [1.54, 1.807) is 0 Å². The Hall–Kier alpha value is -1.68. The van der Waals surface area contributed by atoms with Gasteiger partial charge >= 0.3 is 0 Å². The Kier molecular flexibility index (Phi) is 2.88. The molecule has 1 aliphatic rings. The Morgan fingerprint density at radius 2 is 2.06 bits per heavy atom. The maximum absolute atomic E-state index is 4.40. The third kappa shape index (κ3) is 2.08. The number of H-pyrrole nitrogens is 1. The molecule has 1 saturated heterocycles. The van der Waals surface area contributed by atoms with Gasteiger partial charge in [-0.2, -0.15) is 5.10 Å². The fourth-order valence-electron chi connectivity index (χ4n) is 2.44. The largest absolute Gasteiger partial charge is 0.317 e. The zero-order valence-electron chi connectivity index (χ0n) is 9.69. The van der Waals surface area contributed by atoms with E-state index in [0.717, 1.165) is 24.3 Å². The third-order valence-electron chi connectivity index (χ3n) is 3.36. The van der Waals surface area contributed by atoms with Crippen molar-refractivity contribution in [2.75, 3.05) is 13.1 Å². The van der Waals surface area contributed by atoms with Gasteiger partial charge in [-0.3, -0.25) is 10.1 Å². The zero-order chi connectivity index (χ0) is 11.5. The number of piperidine rings is 1. The van der Waals surface area contributed by atoms with Gasteiger partial charge in [-0.15, -0.1) is 0 Å². The summed E-state index contributed by atoms with van der Waals surface area (Å²) >= 11 is 0. The first-order chi connectivity index (χ1) is 8.45. The van der Waals surface area contributed by atoms with Crippen molar-refractivity contribution in [3.63, 3.8) is 0 Å². The normalized spacial score (nSPS) is 17.2. The molecule has 3 rings (SSSR count). The van der Waals surface area contributed by atoms with E-state index in [1.807, 2.05) is 30.6 Å². The molecule has 0 aliphatic carbocycles. The maximum atomic E-state index is 4.40. The van der Waals surface area contributed by atoms with E-state index in [2.05, 4.69) is 20.5 Å². The molecule has 88 valence electrons. The highest BCUT2D eigenvalue weighted by Gasteiger charge is 2.20. The molecular weight excluding hydrogens is 212 g/mol. The van der Waals surface area contributed by atoms with Crippen molar-refractivity contribution in [1.29, 1.82) is 0 Å². The Morgan fingerprint density at radius 3 is 2.82 bits per heavy atom. The van der Waals surface area contributed by atoms with Crippen LogP contribution in [-0.4, -0.2) is 28.3 Å². The Morgan fingerprint density at radius 1 is 1.18 bits per heavy atom. The molecule has 0 radical (unpaired) electrons. The Balaban J connectivity index is 1.93. The Bertz CT molecular complexity index is 471. The Labute approximate surface area is 100 Å². The van der Waals surface area contributed by atoms with Crippen molar-refractivity contribution in [3.8, 4) is 11.3 Å². The van der Waals surface area contributed by atoms with Crippen LogP contribution in [0, 0.1) is 0 Å². The van der Waals surface area contributed by atoms with E-state index in [9.17, 15) is 0 Å². The second-order valence-corrected chi connectivity index (χ2v) is 4.44. The second kappa shape index (κ2) is 4.67. The molecule has 4 heteroatoms. The molecule has 1 fully saturated rings. The molecule has 2 aromatic heterocycles. The van der Waals surface area contributed by atoms with Gasteiger partial charge in [0.1, 0.15) is 0 Å². The number of aromatic nitrogens is 3. The standard InChI is InChI=1S/C13H16N4/c1-2-6-15-12(3-1)11-9-16-17-13(11)10-4-7-14-8-5-10/h1-3,6,9-10,14H,4-5,7-8H2,(H,16,17). The van der Waals surface area contributed by atoms with Crippen LogP contribution in [0.2, 0.25) is 0 Å². The lowest BCUT2D eigenvalue weighted by molar-refractivity contribution is 0.453. The number of hydrogen-bond acceptors (Lipinski definition) is 3. The minimum atomic E-state index is 0.579. The molecule has 3 heterocycles. The minimum Gasteiger partial charge on any atom is -0.317 e. The highest BCUT2D eigenvalue weighted by atomic mass is 15.1. The van der Waals surface area contributed by atoms with Crippen LogP contribution in [-0.2, 0) is 0 Å². The van der Waals surface area contributed by atoms with E-state index >= 15 is 0 Å². The van der Waals surface area contributed by atoms with Crippen molar-refractivity contribution in [2.24, 2.45) is 0 Å². The summed E-state index contributed by atoms with van der Waals surface area (Å²) in [5.41, 5.74) is 3.40. The van der Waals surface area contributed by atoms with E-state index < -0.39 is 0 Å². The number of nitrogens with one attached hydrogen (secondary N) is 2. The lowest BCUT2D eigenvalue weighted by Gasteiger charge is -2.22. The lowest BCUT2D eigenvalue weighted by atomic mass is 9.91. The van der Waals surface area contributed by atoms with Crippen molar-refractivity contribution in [2.45, 2.75) is 18.8 Å². The van der Waals surface area contributed by atoms with Gasteiger partial charge in [0.2, 0.25) is 0 Å². The van der Waals surface area contributed by atoms with Gasteiger partial charge in [-0.05, 0) is 38.1 Å². The molecule has 0 saturated carbocycles. The van der Waals surface area contributed by atoms with Crippen molar-refractivity contribution in [1.82, 2.24) is 20.5 Å². The van der Waals surface area contributed by atoms with Gasteiger partial charge in [-0.1, -0.05) is 6.07 Å². The topological polar surface area (TPSA) is 53.6 Å². The molecule has 0 amide bonds. The molecule has 2 N–H and O–H groups in total. The molecule has 2 aromatic rings. The number of nitrogens with zero attached hydrogens (tertiary/aromatic N) is 2. The van der Waals surface area contributed by atoms with Gasteiger partial charge < -0.3 is 5.32 Å². The highest BCUT2D eigenvalue weighted by molar-refractivity contribution is 5.61. The van der Waals surface area contributed by atoms with Gasteiger partial charge in [0.15, 0.2) is 0 Å². The van der Waals surface area contributed by atoms with Crippen molar-refractivity contribution in [3.05, 3.63) is 36.3 Å². The van der Waals surface area contributed by atoms with Crippen LogP contribution >= 0.6 is 0 Å². The fourth-order valence-corrected chi connectivity index (χ4v) is 2.44. The van der Waals surface area contributed by atoms with Gasteiger partial charge in [0, 0.05) is 23.4 Å². The molecule has 0 spiro atoms. The molecule has 0 aromatic carbocycles. The zero-order valence-corrected chi connectivity index (χ0v) is 9.69. The monoisotopic (exact) mass is 228 g/mol. The quantitative estimate of drug-likeness (QED) is 0.826. The predicted molar refractivity (Wildman–Crippen MR) is 66.7 cm³/mol. The van der Waals surface area contributed by atoms with E-state index in [4.69, 9.17) is 0 Å². The summed E-state index contributed by atoms with van der Waals surface area (Å²) in [4.78, 5) is 4.40. The van der Waals surface area contributed by atoms with Crippen LogP contribution < -0.4 is 5.32 Å². The van der Waals surface area contributed by atoms with Crippen LogP contribution in [0.1, 0.15) is 24.5 Å². The second-order valence-electron chi connectivity index (χ2n) is 4.44. The van der Waals surface area contributed by atoms with Gasteiger partial charge in [0.25, 0.3) is 0 Å². The first-order valence-electron chi connectivity index (χ1n) is 6.10. The molecule has 17 heavy (non-hydrogen) atoms. The lowest BCUT2D eigenvalue weighted by Crippen LogP contribution is -2.27. The summed E-state index contributed by atoms with van der Waals surface area (Å²) in [6.45, 7) is 2.18. The first-order valence-corrected chi connectivity index (χ1v) is 6.10. The van der Waals surface area contributed by atoms with Crippen LogP contribution in [0.4, 0.5) is 0 Å². The summed E-state index contributed by atoms with van der Waals surface area (Å²) in [6, 6.07) is 5.99. The van der Waals surface area contributed by atoms with E-state index in [-0.39, 0.29) is 0 Å². The number of rotatable bonds is 2. The minimum absolute atomic E-state index is 0.579. The molecular formula is C13H16N4. The number of aromatic amines is 1. The van der Waals surface area contributed by atoms with E-state index in [0.29, 0.717) is 5.92 Å². The summed E-state index contributed by atoms with van der Waals surface area (Å²) in [5.74, 6) is 0.579. The SMILES string of the molecule is c1ccc(-c2cn[nH]c2C2CCNCC2)nc1. The third-order valence-corrected chi connectivity index (χ3v) is 3.36. The predicted octanol–water partition coefficient (Wildman–Crippen LogP) is 1.94. The van der Waals surface area contributed by atoms with Crippen LogP contribution in [0.15, 0.2) is 30.6 Å². The summed E-state index contributed by atoms with van der Waals surface area (Å²) < 4.78 is 0. The van der Waals surface area contributed by atoms with Crippen LogP contribution in [0.3, 0.4) is 0 Å².